The highest BCUT2D eigenvalue weighted by Gasteiger charge is 2.18. The number of rotatable bonds is 3. The Morgan fingerprint density at radius 3 is 1.58 bits per heavy atom. The first-order valence-corrected chi connectivity index (χ1v) is 15.6. The Labute approximate surface area is 254 Å². The Balaban J connectivity index is 1.32. The van der Waals surface area contributed by atoms with Crippen molar-refractivity contribution in [2.24, 2.45) is 0 Å². The zero-order valence-corrected chi connectivity index (χ0v) is 24.2. The summed E-state index contributed by atoms with van der Waals surface area (Å²) in [5.74, 6) is 0. The van der Waals surface area contributed by atoms with Gasteiger partial charge in [-0.05, 0) is 66.2 Å². The zero-order chi connectivity index (χ0) is 28.3. The third-order valence-corrected chi connectivity index (χ3v) is 10.1. The van der Waals surface area contributed by atoms with E-state index in [0.29, 0.717) is 0 Å². The van der Waals surface area contributed by atoms with Crippen molar-refractivity contribution in [2.75, 3.05) is 0 Å². The fraction of sp³-hybridized carbons (Fsp3) is 0. The molecule has 0 aliphatic rings. The average Bonchev–Trinajstić information content (AvgIpc) is 3.45. The second kappa shape index (κ2) is 9.66. The summed E-state index contributed by atoms with van der Waals surface area (Å²) in [4.78, 5) is 0. The molecule has 9 aromatic rings. The summed E-state index contributed by atoms with van der Waals surface area (Å²) in [6.45, 7) is 0. The van der Waals surface area contributed by atoms with E-state index in [1.54, 1.807) is 0 Å². The third-order valence-electron chi connectivity index (χ3n) is 8.86. The monoisotopic (exact) mass is 562 g/mol. The molecule has 0 atom stereocenters. The van der Waals surface area contributed by atoms with Gasteiger partial charge in [0.2, 0.25) is 0 Å². The van der Waals surface area contributed by atoms with Gasteiger partial charge in [-0.15, -0.1) is 11.3 Å². The molecule has 8 aromatic carbocycles. The van der Waals surface area contributed by atoms with Crippen LogP contribution < -0.4 is 0 Å². The van der Waals surface area contributed by atoms with Gasteiger partial charge < -0.3 is 0 Å². The van der Waals surface area contributed by atoms with Gasteiger partial charge in [0.15, 0.2) is 0 Å². The highest BCUT2D eigenvalue weighted by atomic mass is 32.1. The van der Waals surface area contributed by atoms with Gasteiger partial charge in [0, 0.05) is 25.7 Å². The maximum Gasteiger partial charge on any atom is 0.0434 e. The van der Waals surface area contributed by atoms with Crippen LogP contribution in [0, 0.1) is 0 Å². The van der Waals surface area contributed by atoms with Crippen LogP contribution in [0.5, 0.6) is 0 Å². The van der Waals surface area contributed by atoms with Crippen LogP contribution in [0.1, 0.15) is 0 Å². The van der Waals surface area contributed by atoms with Gasteiger partial charge in [-0.3, -0.25) is 0 Å². The van der Waals surface area contributed by atoms with Gasteiger partial charge >= 0.3 is 0 Å². The van der Waals surface area contributed by atoms with Crippen LogP contribution in [-0.2, 0) is 0 Å². The van der Waals surface area contributed by atoms with Crippen LogP contribution in [0.4, 0.5) is 0 Å². The standard InChI is InChI=1S/C42H26S/c1-2-13-28(14-3-1)40-33-17-6-8-19-35(33)41(36-20-9-7-18-34(36)40)29-24-25-32-38-23-11-22-37(42(38)43-39(32)26-29)31-21-10-15-27-12-4-5-16-30(27)31/h1-26H. The normalized spacial score (nSPS) is 11.7. The fourth-order valence-corrected chi connectivity index (χ4v) is 8.25. The van der Waals surface area contributed by atoms with E-state index < -0.39 is 0 Å². The molecule has 43 heavy (non-hydrogen) atoms. The lowest BCUT2D eigenvalue weighted by molar-refractivity contribution is 1.66. The second-order valence-corrected chi connectivity index (χ2v) is 12.3. The number of hydrogen-bond acceptors (Lipinski definition) is 1. The summed E-state index contributed by atoms with van der Waals surface area (Å²) in [6, 6.07) is 57.8. The van der Waals surface area contributed by atoms with Gasteiger partial charge in [0.05, 0.1) is 0 Å². The predicted octanol–water partition coefficient (Wildman–Crippen LogP) is 12.5. The van der Waals surface area contributed by atoms with Crippen molar-refractivity contribution >= 4 is 63.8 Å². The number of thiophene rings is 1. The summed E-state index contributed by atoms with van der Waals surface area (Å²) in [5, 5.41) is 10.4. The Morgan fingerprint density at radius 2 is 0.860 bits per heavy atom. The molecule has 0 unspecified atom stereocenters. The van der Waals surface area contributed by atoms with E-state index in [0.717, 1.165) is 0 Å². The molecular weight excluding hydrogens is 537 g/mol. The molecule has 1 heteroatoms. The molecule has 0 N–H and O–H groups in total. The van der Waals surface area contributed by atoms with Crippen LogP contribution >= 0.6 is 11.3 Å². The molecule has 200 valence electrons. The smallest absolute Gasteiger partial charge is 0.0434 e. The highest BCUT2D eigenvalue weighted by molar-refractivity contribution is 7.26. The van der Waals surface area contributed by atoms with E-state index in [9.17, 15) is 0 Å². The van der Waals surface area contributed by atoms with E-state index in [1.165, 1.54) is 85.9 Å². The molecule has 0 nitrogen and oxygen atoms in total. The van der Waals surface area contributed by atoms with E-state index in [4.69, 9.17) is 0 Å². The average molecular weight is 563 g/mol. The molecule has 9 rings (SSSR count). The molecule has 0 aliphatic heterocycles. The Hall–Kier alpha value is -5.24. The maximum absolute atomic E-state index is 2.42. The Morgan fingerprint density at radius 1 is 0.326 bits per heavy atom. The topological polar surface area (TPSA) is 0 Å². The van der Waals surface area contributed by atoms with Crippen molar-refractivity contribution in [3.05, 3.63) is 158 Å². The molecule has 0 radical (unpaired) electrons. The lowest BCUT2D eigenvalue weighted by Gasteiger charge is -2.17. The molecule has 1 heterocycles. The molecule has 0 aliphatic carbocycles. The Bertz CT molecular complexity index is 2440. The summed E-state index contributed by atoms with van der Waals surface area (Å²) in [7, 11) is 0. The van der Waals surface area contributed by atoms with Crippen molar-refractivity contribution in [2.45, 2.75) is 0 Å². The molecule has 0 fully saturated rings. The summed E-state index contributed by atoms with van der Waals surface area (Å²) >= 11 is 1.91. The summed E-state index contributed by atoms with van der Waals surface area (Å²) in [5.41, 5.74) is 7.72. The quantitative estimate of drug-likeness (QED) is 0.188. The van der Waals surface area contributed by atoms with Gasteiger partial charge in [0.1, 0.15) is 0 Å². The van der Waals surface area contributed by atoms with Gasteiger partial charge in [-0.2, -0.15) is 0 Å². The Kier molecular flexibility index (Phi) is 5.47. The van der Waals surface area contributed by atoms with Gasteiger partial charge in [-0.25, -0.2) is 0 Å². The minimum atomic E-state index is 1.25. The van der Waals surface area contributed by atoms with Crippen LogP contribution in [0.15, 0.2) is 158 Å². The second-order valence-electron chi connectivity index (χ2n) is 11.2. The molecule has 0 saturated carbocycles. The van der Waals surface area contributed by atoms with E-state index in [2.05, 4.69) is 158 Å². The van der Waals surface area contributed by atoms with Crippen LogP contribution in [0.25, 0.3) is 85.9 Å². The van der Waals surface area contributed by atoms with Crippen LogP contribution in [0.2, 0.25) is 0 Å². The van der Waals surface area contributed by atoms with Gasteiger partial charge in [0.25, 0.3) is 0 Å². The number of fused-ring (bicyclic) bond motifs is 6. The molecule has 0 spiro atoms. The number of benzene rings is 8. The van der Waals surface area contributed by atoms with Crippen molar-refractivity contribution in [1.29, 1.82) is 0 Å². The van der Waals surface area contributed by atoms with Crippen LogP contribution in [-0.4, -0.2) is 0 Å². The summed E-state index contributed by atoms with van der Waals surface area (Å²) in [6.07, 6.45) is 0. The molecule has 0 saturated heterocycles. The van der Waals surface area contributed by atoms with Crippen molar-refractivity contribution in [3.8, 4) is 33.4 Å². The lowest BCUT2D eigenvalue weighted by atomic mass is 9.86. The first-order chi connectivity index (χ1) is 21.3. The molecular formula is C42H26S. The zero-order valence-electron chi connectivity index (χ0n) is 23.4. The first-order valence-electron chi connectivity index (χ1n) is 14.8. The van der Waals surface area contributed by atoms with E-state index in [-0.39, 0.29) is 0 Å². The predicted molar refractivity (Wildman–Crippen MR) is 188 cm³/mol. The fourth-order valence-electron chi connectivity index (χ4n) is 6.98. The van der Waals surface area contributed by atoms with Crippen molar-refractivity contribution in [1.82, 2.24) is 0 Å². The molecule has 1 aromatic heterocycles. The van der Waals surface area contributed by atoms with Crippen molar-refractivity contribution in [3.63, 3.8) is 0 Å². The maximum atomic E-state index is 2.42. The highest BCUT2D eigenvalue weighted by Crippen LogP contribution is 2.46. The first kappa shape index (κ1) is 24.4. The van der Waals surface area contributed by atoms with Crippen molar-refractivity contribution < 1.29 is 0 Å². The van der Waals surface area contributed by atoms with Crippen LogP contribution in [0.3, 0.4) is 0 Å². The third kappa shape index (κ3) is 3.75. The van der Waals surface area contributed by atoms with E-state index in [1.807, 2.05) is 11.3 Å². The van der Waals surface area contributed by atoms with Gasteiger partial charge in [-0.1, -0.05) is 152 Å². The SMILES string of the molecule is c1ccc(-c2c3ccccc3c(-c3ccc4c(c3)sc3c(-c5cccc6ccccc56)cccc34)c3ccccc23)cc1. The molecule has 0 bridgehead atoms. The lowest BCUT2D eigenvalue weighted by Crippen LogP contribution is -1.90. The minimum absolute atomic E-state index is 1.25. The largest absolute Gasteiger partial charge is 0.135 e. The molecule has 0 amide bonds. The summed E-state index contributed by atoms with van der Waals surface area (Å²) < 4.78 is 2.67. The van der Waals surface area contributed by atoms with E-state index >= 15 is 0 Å². The minimum Gasteiger partial charge on any atom is -0.135 e. The number of hydrogen-bond donors (Lipinski definition) is 0.